The molecule has 6 rings (SSSR count). The molecule has 0 spiro atoms. The van der Waals surface area contributed by atoms with E-state index in [9.17, 15) is 41.5 Å². The second-order valence-electron chi connectivity index (χ2n) is 18.0. The summed E-state index contributed by atoms with van der Waals surface area (Å²) in [5.74, 6) is -9.50. The van der Waals surface area contributed by atoms with Crippen molar-refractivity contribution in [2.45, 2.75) is 140 Å². The molecule has 1 aliphatic heterocycles. The van der Waals surface area contributed by atoms with Crippen LogP contribution in [0.25, 0.3) is 11.0 Å². The molecule has 2 heterocycles. The lowest BCUT2D eigenvalue weighted by Crippen LogP contribution is -2.61. The van der Waals surface area contributed by atoms with Crippen molar-refractivity contribution in [1.82, 2.24) is 30.2 Å². The number of fused-ring (bicyclic) bond motifs is 1. The first-order chi connectivity index (χ1) is 28.0. The van der Waals surface area contributed by atoms with E-state index in [1.165, 1.54) is 32.2 Å². The first-order valence-electron chi connectivity index (χ1n) is 20.3. The van der Waals surface area contributed by atoms with E-state index in [0.29, 0.717) is 18.1 Å². The number of sulfonamides is 1. The zero-order valence-corrected chi connectivity index (χ0v) is 35.3. The quantitative estimate of drug-likeness (QED) is 0.109. The zero-order chi connectivity index (χ0) is 44.2. The number of benzene rings is 1. The molecule has 20 heteroatoms. The van der Waals surface area contributed by atoms with E-state index in [1.54, 1.807) is 27.7 Å². The number of methoxy groups -OCH3 is 1. The number of unbranched alkanes of at least 4 members (excludes halogenated alkanes) is 1. The van der Waals surface area contributed by atoms with Gasteiger partial charge in [-0.05, 0) is 62.5 Å². The Balaban J connectivity index is 1.38. The molecule has 3 saturated carbocycles. The summed E-state index contributed by atoms with van der Waals surface area (Å²) in [6, 6.07) is 1.35. The molecule has 1 saturated heterocycles. The monoisotopic (exact) mass is 870 g/mol. The van der Waals surface area contributed by atoms with Crippen LogP contribution in [0.2, 0.25) is 0 Å². The van der Waals surface area contributed by atoms with E-state index in [4.69, 9.17) is 9.47 Å². The Kier molecular flexibility index (Phi) is 12.3. The third-order valence-corrected chi connectivity index (χ3v) is 14.6. The minimum atomic E-state index is -4.33. The van der Waals surface area contributed by atoms with Crippen molar-refractivity contribution in [1.29, 1.82) is 0 Å². The van der Waals surface area contributed by atoms with Crippen LogP contribution in [-0.4, -0.2) is 101 Å². The Morgan fingerprint density at radius 1 is 1.07 bits per heavy atom. The predicted octanol–water partition coefficient (Wildman–Crippen LogP) is 5.51. The number of carboxylic acid groups (broad SMARTS) is 1. The third kappa shape index (κ3) is 9.22. The molecule has 1 aromatic carbocycles. The number of hydrogen-bond donors (Lipinski definition) is 4. The summed E-state index contributed by atoms with van der Waals surface area (Å²) in [6.45, 7) is 7.22. The van der Waals surface area contributed by atoms with Crippen molar-refractivity contribution >= 4 is 44.9 Å². The molecule has 332 valence electrons. The van der Waals surface area contributed by atoms with Crippen LogP contribution in [-0.2, 0) is 30.3 Å². The first-order valence-corrected chi connectivity index (χ1v) is 21.8. The SMILES string of the molecule is CC[C@@H]1[C@@H](Oc2nc3cc(OC)ccc3nc2C(F)(F)CCCCC2CC2)CN(C(=O)[C@@H](NC(=O)O)C(C)(C)C)[C@@H]1C(=O)N[C@]1(C(=O)NS(=O)(=O)C2(C)CC2)C[C@H]1C(F)F. The molecule has 0 unspecified atom stereocenters. The molecule has 0 bridgehead atoms. The highest BCUT2D eigenvalue weighted by Gasteiger charge is 2.68. The van der Waals surface area contributed by atoms with Crippen LogP contribution in [0.4, 0.5) is 22.4 Å². The molecule has 0 radical (unpaired) electrons. The summed E-state index contributed by atoms with van der Waals surface area (Å²) in [5, 5.41) is 14.3. The molecule has 2 aromatic rings. The molecule has 1 aromatic heterocycles. The van der Waals surface area contributed by atoms with Gasteiger partial charge in [0.2, 0.25) is 34.1 Å². The Hall–Kier alpha value is -4.49. The van der Waals surface area contributed by atoms with E-state index >= 15 is 8.78 Å². The van der Waals surface area contributed by atoms with Crippen molar-refractivity contribution < 1.29 is 59.7 Å². The molecule has 4 aliphatic rings. The van der Waals surface area contributed by atoms with Gasteiger partial charge in [0.15, 0.2) is 5.69 Å². The molecular formula is C40H54F4N6O9S. The van der Waals surface area contributed by atoms with E-state index in [0.717, 1.165) is 24.2 Å². The largest absolute Gasteiger partial charge is 0.497 e. The molecule has 3 aliphatic carbocycles. The first kappa shape index (κ1) is 45.0. The van der Waals surface area contributed by atoms with Crippen molar-refractivity contribution in [3.63, 3.8) is 0 Å². The number of rotatable bonds is 18. The summed E-state index contributed by atoms with van der Waals surface area (Å²) in [6.07, 6.45) is -2.94. The van der Waals surface area contributed by atoms with Crippen molar-refractivity contribution in [3.05, 3.63) is 23.9 Å². The number of likely N-dealkylation sites (tertiary alicyclic amines) is 1. The predicted molar refractivity (Wildman–Crippen MR) is 209 cm³/mol. The van der Waals surface area contributed by atoms with Gasteiger partial charge in [-0.3, -0.25) is 19.1 Å². The zero-order valence-electron chi connectivity index (χ0n) is 34.5. The van der Waals surface area contributed by atoms with Crippen LogP contribution >= 0.6 is 0 Å². The number of hydrogen-bond acceptors (Lipinski definition) is 10. The lowest BCUT2D eigenvalue weighted by atomic mass is 9.85. The highest BCUT2D eigenvalue weighted by atomic mass is 32.2. The maximum Gasteiger partial charge on any atom is 0.405 e. The van der Waals surface area contributed by atoms with Gasteiger partial charge >= 0.3 is 6.09 Å². The molecule has 60 heavy (non-hydrogen) atoms. The molecule has 15 nitrogen and oxygen atoms in total. The fraction of sp³-hybridized carbons (Fsp3) is 0.700. The lowest BCUT2D eigenvalue weighted by Gasteiger charge is -2.35. The summed E-state index contributed by atoms with van der Waals surface area (Å²) in [7, 11) is -2.92. The number of carbonyl (C=O) groups is 4. The average Bonchev–Trinajstić information content (AvgIpc) is 4.10. The highest BCUT2D eigenvalue weighted by molar-refractivity contribution is 7.91. The number of amides is 4. The number of alkyl halides is 4. The maximum atomic E-state index is 16.3. The molecular weight excluding hydrogens is 817 g/mol. The maximum absolute atomic E-state index is 16.3. The third-order valence-electron chi connectivity index (χ3n) is 12.4. The van der Waals surface area contributed by atoms with Crippen LogP contribution in [0.15, 0.2) is 18.2 Å². The minimum Gasteiger partial charge on any atom is -0.497 e. The second-order valence-corrected chi connectivity index (χ2v) is 20.2. The fourth-order valence-corrected chi connectivity index (χ4v) is 9.34. The molecule has 6 atom stereocenters. The van der Waals surface area contributed by atoms with Gasteiger partial charge in [-0.15, -0.1) is 0 Å². The lowest BCUT2D eigenvalue weighted by molar-refractivity contribution is -0.143. The summed E-state index contributed by atoms with van der Waals surface area (Å²) in [5.41, 5.74) is -3.99. The van der Waals surface area contributed by atoms with Crippen LogP contribution in [0.1, 0.15) is 105 Å². The van der Waals surface area contributed by atoms with Crippen LogP contribution < -0.4 is 24.8 Å². The summed E-state index contributed by atoms with van der Waals surface area (Å²) >= 11 is 0. The van der Waals surface area contributed by atoms with Gasteiger partial charge in [-0.2, -0.15) is 8.78 Å². The van der Waals surface area contributed by atoms with Gasteiger partial charge in [-0.1, -0.05) is 53.4 Å². The number of ether oxygens (including phenoxy) is 2. The number of nitrogens with one attached hydrogen (secondary N) is 3. The van der Waals surface area contributed by atoms with Gasteiger partial charge in [0.25, 0.3) is 11.8 Å². The van der Waals surface area contributed by atoms with Gasteiger partial charge in [0.05, 0.1) is 35.4 Å². The standard InChI is InChI=1S/C40H54F4N6O9S/c1-7-23-27(59-33-29(40(43,44)15-9-8-10-21-11-12-21)45-25-14-13-22(58-6)18-26(25)46-33)20-50(34(52)30(37(2,3)4)47-36(54)55)28(23)32(51)48-39(19-24(39)31(41)42)35(53)49-60(56,57)38(5)16-17-38/h13-14,18,21,23-24,27-28,30-31,47H,7-12,15-17,19-20H2,1-6H3,(H,48,51)(H,49,53)(H,54,55)/t23-,24+,27+,28+,30-,39-/m1/s1. The fourth-order valence-electron chi connectivity index (χ4n) is 8.03. The summed E-state index contributed by atoms with van der Waals surface area (Å²) < 4.78 is 99.4. The number of nitrogens with zero attached hydrogens (tertiary/aromatic N) is 3. The molecule has 4 amide bonds. The number of carbonyl (C=O) groups excluding carboxylic acids is 3. The van der Waals surface area contributed by atoms with E-state index < -0.39 is 123 Å². The Morgan fingerprint density at radius 3 is 2.30 bits per heavy atom. The van der Waals surface area contributed by atoms with E-state index in [2.05, 4.69) is 20.6 Å². The van der Waals surface area contributed by atoms with E-state index in [-0.39, 0.29) is 36.7 Å². The normalized spacial score (nSPS) is 25.4. The molecule has 4 fully saturated rings. The van der Waals surface area contributed by atoms with Gasteiger partial charge in [0.1, 0.15) is 29.5 Å². The van der Waals surface area contributed by atoms with E-state index in [1.807, 2.05) is 4.72 Å². The Morgan fingerprint density at radius 2 is 1.75 bits per heavy atom. The summed E-state index contributed by atoms with van der Waals surface area (Å²) in [4.78, 5) is 64.4. The van der Waals surface area contributed by atoms with Crippen molar-refractivity contribution in [3.8, 4) is 11.6 Å². The van der Waals surface area contributed by atoms with Gasteiger partial charge in [0, 0.05) is 18.4 Å². The molecule has 4 N–H and O–H groups in total. The number of halogens is 4. The Bertz CT molecular complexity index is 2110. The van der Waals surface area contributed by atoms with Crippen LogP contribution in [0.3, 0.4) is 0 Å². The van der Waals surface area contributed by atoms with Crippen molar-refractivity contribution in [2.24, 2.45) is 23.2 Å². The van der Waals surface area contributed by atoms with Crippen LogP contribution in [0, 0.1) is 23.2 Å². The van der Waals surface area contributed by atoms with Crippen LogP contribution in [0.5, 0.6) is 11.6 Å². The Labute approximate surface area is 346 Å². The second kappa shape index (κ2) is 16.4. The van der Waals surface area contributed by atoms with Crippen molar-refractivity contribution in [2.75, 3.05) is 13.7 Å². The smallest absolute Gasteiger partial charge is 0.405 e. The van der Waals surface area contributed by atoms with Gasteiger partial charge in [-0.25, -0.2) is 32.0 Å². The number of aromatic nitrogens is 2. The average molecular weight is 871 g/mol. The minimum absolute atomic E-state index is 0.0189. The highest BCUT2D eigenvalue weighted by Crippen LogP contribution is 2.50. The van der Waals surface area contributed by atoms with Gasteiger partial charge < -0.3 is 30.1 Å². The topological polar surface area (TPSA) is 206 Å².